The zero-order valence-corrected chi connectivity index (χ0v) is 11.6. The normalized spacial score (nSPS) is 14.0. The predicted molar refractivity (Wildman–Crippen MR) is 78.2 cm³/mol. The maximum absolute atomic E-state index is 12.0. The molecule has 0 radical (unpaired) electrons. The van der Waals surface area contributed by atoms with E-state index in [0.717, 1.165) is 12.8 Å². The van der Waals surface area contributed by atoms with Crippen molar-refractivity contribution in [2.75, 3.05) is 5.32 Å². The van der Waals surface area contributed by atoms with Gasteiger partial charge in [0.15, 0.2) is 17.4 Å². The minimum Gasteiger partial charge on any atom is -0.461 e. The first-order valence-electron chi connectivity index (χ1n) is 7.03. The standard InChI is InChI=1S/C15H13N5O2/c21-15(10-4-5-10)18-12-9-13(20-7-2-6-16-20)19-14(17-12)11-3-1-8-22-11/h1-3,6-10H,4-5H2,(H,17,18,19,21). The summed E-state index contributed by atoms with van der Waals surface area (Å²) >= 11 is 0. The monoisotopic (exact) mass is 295 g/mol. The Kier molecular flexibility index (Phi) is 2.96. The first-order valence-corrected chi connectivity index (χ1v) is 7.03. The molecule has 1 aliphatic carbocycles. The van der Waals surface area contributed by atoms with Crippen molar-refractivity contribution >= 4 is 11.7 Å². The molecule has 0 atom stereocenters. The second-order valence-corrected chi connectivity index (χ2v) is 5.13. The Morgan fingerprint density at radius 3 is 2.91 bits per heavy atom. The van der Waals surface area contributed by atoms with Crippen molar-refractivity contribution in [2.24, 2.45) is 5.92 Å². The number of hydrogen-bond donors (Lipinski definition) is 1. The zero-order valence-electron chi connectivity index (χ0n) is 11.6. The number of amides is 1. The van der Waals surface area contributed by atoms with Gasteiger partial charge in [0, 0.05) is 24.4 Å². The van der Waals surface area contributed by atoms with E-state index in [4.69, 9.17) is 4.42 Å². The van der Waals surface area contributed by atoms with E-state index in [1.54, 1.807) is 47.6 Å². The van der Waals surface area contributed by atoms with Crippen LogP contribution in [0.25, 0.3) is 17.4 Å². The highest BCUT2D eigenvalue weighted by Gasteiger charge is 2.30. The highest BCUT2D eigenvalue weighted by Crippen LogP contribution is 2.30. The van der Waals surface area contributed by atoms with Gasteiger partial charge in [-0.15, -0.1) is 0 Å². The minimum absolute atomic E-state index is 0.00416. The highest BCUT2D eigenvalue weighted by molar-refractivity contribution is 5.93. The van der Waals surface area contributed by atoms with E-state index >= 15 is 0 Å². The number of hydrogen-bond acceptors (Lipinski definition) is 5. The Bertz CT molecular complexity index is 739. The lowest BCUT2D eigenvalue weighted by Crippen LogP contribution is -2.15. The smallest absolute Gasteiger partial charge is 0.228 e. The molecule has 7 nitrogen and oxygen atoms in total. The van der Waals surface area contributed by atoms with E-state index in [1.807, 2.05) is 0 Å². The van der Waals surface area contributed by atoms with E-state index in [9.17, 15) is 4.79 Å². The minimum atomic E-state index is -0.00416. The molecule has 1 saturated carbocycles. The van der Waals surface area contributed by atoms with Gasteiger partial charge in [-0.3, -0.25) is 4.79 Å². The van der Waals surface area contributed by atoms with Crippen molar-refractivity contribution in [3.63, 3.8) is 0 Å². The predicted octanol–water partition coefficient (Wildman–Crippen LogP) is 2.27. The van der Waals surface area contributed by atoms with Crippen molar-refractivity contribution < 1.29 is 9.21 Å². The van der Waals surface area contributed by atoms with Crippen molar-refractivity contribution in [1.82, 2.24) is 19.7 Å². The Balaban J connectivity index is 1.74. The molecule has 0 aliphatic heterocycles. The summed E-state index contributed by atoms with van der Waals surface area (Å²) in [6, 6.07) is 7.03. The number of nitrogens with one attached hydrogen (secondary N) is 1. The van der Waals surface area contributed by atoms with Crippen molar-refractivity contribution in [3.8, 4) is 17.4 Å². The maximum atomic E-state index is 12.0. The summed E-state index contributed by atoms with van der Waals surface area (Å²) in [5.74, 6) is 2.06. The molecular weight excluding hydrogens is 282 g/mol. The van der Waals surface area contributed by atoms with Crippen LogP contribution in [-0.4, -0.2) is 25.7 Å². The number of furan rings is 1. The third-order valence-corrected chi connectivity index (χ3v) is 3.39. The molecule has 1 amide bonds. The average Bonchev–Trinajstić information content (AvgIpc) is 3.03. The molecular formula is C15H13N5O2. The van der Waals surface area contributed by atoms with Crippen LogP contribution in [-0.2, 0) is 4.79 Å². The zero-order chi connectivity index (χ0) is 14.9. The van der Waals surface area contributed by atoms with Crippen LogP contribution in [0.1, 0.15) is 12.8 Å². The van der Waals surface area contributed by atoms with Gasteiger partial charge in [0.2, 0.25) is 5.91 Å². The molecule has 110 valence electrons. The van der Waals surface area contributed by atoms with Gasteiger partial charge >= 0.3 is 0 Å². The fourth-order valence-corrected chi connectivity index (χ4v) is 2.11. The molecule has 3 aromatic heterocycles. The van der Waals surface area contributed by atoms with Crippen LogP contribution in [0.15, 0.2) is 47.3 Å². The lowest BCUT2D eigenvalue weighted by molar-refractivity contribution is -0.117. The van der Waals surface area contributed by atoms with E-state index in [0.29, 0.717) is 23.2 Å². The Hall–Kier alpha value is -2.96. The molecule has 1 fully saturated rings. The number of carbonyl (C=O) groups excluding carboxylic acids is 1. The topological polar surface area (TPSA) is 85.8 Å². The van der Waals surface area contributed by atoms with Crippen LogP contribution in [0.3, 0.4) is 0 Å². The van der Waals surface area contributed by atoms with Crippen LogP contribution in [0.4, 0.5) is 5.82 Å². The van der Waals surface area contributed by atoms with E-state index in [-0.39, 0.29) is 11.8 Å². The Labute approximate surface area is 126 Å². The third kappa shape index (κ3) is 2.48. The number of nitrogens with zero attached hydrogens (tertiary/aromatic N) is 4. The summed E-state index contributed by atoms with van der Waals surface area (Å²) < 4.78 is 6.96. The molecule has 3 heterocycles. The molecule has 1 N–H and O–H groups in total. The van der Waals surface area contributed by atoms with Gasteiger partial charge < -0.3 is 9.73 Å². The summed E-state index contributed by atoms with van der Waals surface area (Å²) in [6.45, 7) is 0. The maximum Gasteiger partial charge on any atom is 0.228 e. The van der Waals surface area contributed by atoms with Gasteiger partial charge in [0.25, 0.3) is 0 Å². The van der Waals surface area contributed by atoms with Gasteiger partial charge in [0.05, 0.1) is 6.26 Å². The van der Waals surface area contributed by atoms with Crippen LogP contribution in [0, 0.1) is 5.92 Å². The molecule has 0 aromatic carbocycles. The molecule has 0 unspecified atom stereocenters. The SMILES string of the molecule is O=C(Nc1cc(-n2cccn2)nc(-c2ccco2)n1)C1CC1. The number of aromatic nitrogens is 4. The second-order valence-electron chi connectivity index (χ2n) is 5.13. The van der Waals surface area contributed by atoms with Crippen molar-refractivity contribution in [3.05, 3.63) is 42.9 Å². The average molecular weight is 295 g/mol. The van der Waals surface area contributed by atoms with Gasteiger partial charge in [-0.05, 0) is 31.0 Å². The fourth-order valence-electron chi connectivity index (χ4n) is 2.11. The van der Waals surface area contributed by atoms with Crippen molar-refractivity contribution in [2.45, 2.75) is 12.8 Å². The quantitative estimate of drug-likeness (QED) is 0.798. The number of carbonyl (C=O) groups is 1. The summed E-state index contributed by atoms with van der Waals surface area (Å²) in [5, 5.41) is 7.00. The fraction of sp³-hybridized carbons (Fsp3) is 0.200. The highest BCUT2D eigenvalue weighted by atomic mass is 16.3. The molecule has 4 rings (SSSR count). The largest absolute Gasteiger partial charge is 0.461 e. The molecule has 0 spiro atoms. The first-order chi connectivity index (χ1) is 10.8. The Morgan fingerprint density at radius 2 is 2.23 bits per heavy atom. The number of anilines is 1. The number of rotatable bonds is 4. The molecule has 0 bridgehead atoms. The van der Waals surface area contributed by atoms with Gasteiger partial charge in [-0.25, -0.2) is 14.6 Å². The van der Waals surface area contributed by atoms with Gasteiger partial charge in [-0.1, -0.05) is 0 Å². The lowest BCUT2D eigenvalue weighted by atomic mass is 10.3. The lowest BCUT2D eigenvalue weighted by Gasteiger charge is -2.08. The van der Waals surface area contributed by atoms with Gasteiger partial charge in [0.1, 0.15) is 5.82 Å². The second kappa shape index (κ2) is 5.10. The summed E-state index contributed by atoms with van der Waals surface area (Å²) in [4.78, 5) is 20.7. The van der Waals surface area contributed by atoms with Gasteiger partial charge in [-0.2, -0.15) is 5.10 Å². The molecule has 22 heavy (non-hydrogen) atoms. The summed E-state index contributed by atoms with van der Waals surface area (Å²) in [5.41, 5.74) is 0. The summed E-state index contributed by atoms with van der Waals surface area (Å²) in [7, 11) is 0. The first kappa shape index (κ1) is 12.8. The van der Waals surface area contributed by atoms with E-state index < -0.39 is 0 Å². The molecule has 1 aliphatic rings. The summed E-state index contributed by atoms with van der Waals surface area (Å²) in [6.07, 6.45) is 6.88. The van der Waals surface area contributed by atoms with E-state index in [1.165, 1.54) is 0 Å². The third-order valence-electron chi connectivity index (χ3n) is 3.39. The van der Waals surface area contributed by atoms with E-state index in [2.05, 4.69) is 20.4 Å². The van der Waals surface area contributed by atoms with Crippen LogP contribution < -0.4 is 5.32 Å². The van der Waals surface area contributed by atoms with Crippen LogP contribution in [0.5, 0.6) is 0 Å². The molecule has 3 aromatic rings. The van der Waals surface area contributed by atoms with Crippen LogP contribution >= 0.6 is 0 Å². The molecule has 7 heteroatoms. The Morgan fingerprint density at radius 1 is 1.32 bits per heavy atom. The van der Waals surface area contributed by atoms with Crippen molar-refractivity contribution in [1.29, 1.82) is 0 Å². The molecule has 0 saturated heterocycles. The van der Waals surface area contributed by atoms with Crippen LogP contribution in [0.2, 0.25) is 0 Å².